The van der Waals surface area contributed by atoms with Crippen LogP contribution in [0.2, 0.25) is 5.02 Å². The third-order valence-corrected chi connectivity index (χ3v) is 6.21. The van der Waals surface area contributed by atoms with Crippen LogP contribution in [0, 0.1) is 5.92 Å². The molecule has 1 amide bonds. The van der Waals surface area contributed by atoms with Gasteiger partial charge in [0, 0.05) is 42.3 Å². The van der Waals surface area contributed by atoms with Crippen molar-refractivity contribution in [2.24, 2.45) is 5.92 Å². The summed E-state index contributed by atoms with van der Waals surface area (Å²) in [5.41, 5.74) is 1.22. The molecule has 0 saturated heterocycles. The fourth-order valence-corrected chi connectivity index (χ4v) is 4.34. The standard InChI is InChI=1S/C25H27ClN4O3/c1-18(7-5-6-13-29-17-21(12-14-31)27-28-29)25(33)22-15-20(26)10-11-23(22)30(24(25)32)16-19-8-3-2-4-9-19/h2-5,7-11,15,17-18,31,33H,6,12-14,16H2,1H3/b7-5+/t18-,25+/m0/s1. The van der Waals surface area contributed by atoms with Gasteiger partial charge in [0.05, 0.1) is 17.9 Å². The highest BCUT2D eigenvalue weighted by atomic mass is 35.5. The van der Waals surface area contributed by atoms with Gasteiger partial charge in [0.15, 0.2) is 5.60 Å². The normalized spacial score (nSPS) is 18.8. The van der Waals surface area contributed by atoms with Gasteiger partial charge in [-0.25, -0.2) is 0 Å². The average Bonchev–Trinajstić information content (AvgIpc) is 3.34. The maximum Gasteiger partial charge on any atom is 0.264 e. The monoisotopic (exact) mass is 466 g/mol. The van der Waals surface area contributed by atoms with Gasteiger partial charge in [0.2, 0.25) is 0 Å². The topological polar surface area (TPSA) is 91.5 Å². The van der Waals surface area contributed by atoms with E-state index >= 15 is 0 Å². The molecule has 0 spiro atoms. The van der Waals surface area contributed by atoms with Gasteiger partial charge in [-0.05, 0) is 30.2 Å². The number of anilines is 1. The molecular weight excluding hydrogens is 440 g/mol. The van der Waals surface area contributed by atoms with E-state index in [-0.39, 0.29) is 12.5 Å². The van der Waals surface area contributed by atoms with Crippen molar-refractivity contribution in [3.63, 3.8) is 0 Å². The Bertz CT molecular complexity index is 1150. The zero-order chi connectivity index (χ0) is 23.4. The molecule has 2 atom stereocenters. The number of aryl methyl sites for hydroxylation is 1. The summed E-state index contributed by atoms with van der Waals surface area (Å²) in [6.45, 7) is 2.85. The van der Waals surface area contributed by atoms with Crippen molar-refractivity contribution in [3.8, 4) is 0 Å². The lowest BCUT2D eigenvalue weighted by atomic mass is 9.83. The molecule has 172 valence electrons. The zero-order valence-corrected chi connectivity index (χ0v) is 19.2. The van der Waals surface area contributed by atoms with Crippen LogP contribution in [0.1, 0.15) is 30.2 Å². The number of aliphatic hydroxyl groups excluding tert-OH is 1. The molecule has 0 unspecified atom stereocenters. The number of hydrogen-bond acceptors (Lipinski definition) is 5. The molecule has 33 heavy (non-hydrogen) atoms. The molecule has 1 aliphatic heterocycles. The van der Waals surface area contributed by atoms with Gasteiger partial charge >= 0.3 is 0 Å². The second-order valence-corrected chi connectivity index (χ2v) is 8.69. The van der Waals surface area contributed by atoms with Crippen LogP contribution in [0.5, 0.6) is 0 Å². The number of aliphatic hydroxyl groups is 2. The van der Waals surface area contributed by atoms with E-state index in [1.807, 2.05) is 49.4 Å². The van der Waals surface area contributed by atoms with E-state index in [1.165, 1.54) is 0 Å². The lowest BCUT2D eigenvalue weighted by Crippen LogP contribution is -2.44. The van der Waals surface area contributed by atoms with E-state index in [1.54, 1.807) is 34.0 Å². The highest BCUT2D eigenvalue weighted by molar-refractivity contribution is 6.31. The second-order valence-electron chi connectivity index (χ2n) is 8.26. The van der Waals surface area contributed by atoms with E-state index in [0.717, 1.165) is 11.3 Å². The first kappa shape index (κ1) is 23.2. The maximum atomic E-state index is 13.5. The molecule has 0 bridgehead atoms. The van der Waals surface area contributed by atoms with Gasteiger partial charge < -0.3 is 15.1 Å². The number of halogens is 1. The number of carbonyl (C=O) groups excluding carboxylic acids is 1. The Morgan fingerprint density at radius 3 is 2.76 bits per heavy atom. The Hall–Kier alpha value is -3.00. The number of nitrogens with zero attached hydrogens (tertiary/aromatic N) is 4. The number of allylic oxidation sites excluding steroid dienone is 1. The summed E-state index contributed by atoms with van der Waals surface area (Å²) >= 11 is 6.24. The molecule has 0 saturated carbocycles. The number of rotatable bonds is 9. The fourth-order valence-electron chi connectivity index (χ4n) is 4.17. The smallest absolute Gasteiger partial charge is 0.264 e. The van der Waals surface area contributed by atoms with Gasteiger partial charge in [-0.15, -0.1) is 5.10 Å². The first-order valence-electron chi connectivity index (χ1n) is 11.0. The maximum absolute atomic E-state index is 13.5. The molecule has 1 aliphatic rings. The average molecular weight is 467 g/mol. The highest BCUT2D eigenvalue weighted by Crippen LogP contribution is 2.46. The van der Waals surface area contributed by atoms with Crippen LogP contribution in [0.15, 0.2) is 66.9 Å². The molecule has 0 fully saturated rings. The predicted octanol–water partition coefficient (Wildman–Crippen LogP) is 3.48. The summed E-state index contributed by atoms with van der Waals surface area (Å²) in [4.78, 5) is 15.1. The van der Waals surface area contributed by atoms with Crippen LogP contribution in [-0.2, 0) is 29.9 Å². The van der Waals surface area contributed by atoms with E-state index in [9.17, 15) is 9.90 Å². The van der Waals surface area contributed by atoms with Crippen molar-refractivity contribution in [1.29, 1.82) is 0 Å². The Morgan fingerprint density at radius 1 is 1.21 bits per heavy atom. The van der Waals surface area contributed by atoms with Crippen molar-refractivity contribution in [2.75, 3.05) is 11.5 Å². The molecule has 0 aliphatic carbocycles. The molecule has 2 heterocycles. The number of hydrogen-bond donors (Lipinski definition) is 2. The van der Waals surface area contributed by atoms with E-state index in [4.69, 9.17) is 16.7 Å². The molecule has 7 nitrogen and oxygen atoms in total. The van der Waals surface area contributed by atoms with Crippen LogP contribution >= 0.6 is 11.6 Å². The van der Waals surface area contributed by atoms with Crippen molar-refractivity contribution < 1.29 is 15.0 Å². The van der Waals surface area contributed by atoms with Gasteiger partial charge in [-0.2, -0.15) is 0 Å². The minimum absolute atomic E-state index is 0.0372. The van der Waals surface area contributed by atoms with E-state index in [2.05, 4.69) is 10.3 Å². The van der Waals surface area contributed by atoms with E-state index < -0.39 is 11.5 Å². The van der Waals surface area contributed by atoms with Gasteiger partial charge in [0.25, 0.3) is 5.91 Å². The Balaban J connectivity index is 1.52. The predicted molar refractivity (Wildman–Crippen MR) is 127 cm³/mol. The SMILES string of the molecule is C[C@@H](/C=C/CCn1cc(CCO)nn1)[C@]1(O)C(=O)N(Cc2ccccc2)c2ccc(Cl)cc21. The van der Waals surface area contributed by atoms with Crippen LogP contribution in [-0.4, -0.2) is 37.7 Å². The molecule has 2 aromatic carbocycles. The summed E-state index contributed by atoms with van der Waals surface area (Å²) in [7, 11) is 0. The van der Waals surface area contributed by atoms with Crippen LogP contribution in [0.3, 0.4) is 0 Å². The van der Waals surface area contributed by atoms with E-state index in [0.29, 0.717) is 42.2 Å². The largest absolute Gasteiger partial charge is 0.396 e. The van der Waals surface area contributed by atoms with Gasteiger partial charge in [0.1, 0.15) is 0 Å². The molecule has 1 aromatic heterocycles. The molecule has 4 rings (SSSR count). The Labute approximate surface area is 197 Å². The first-order chi connectivity index (χ1) is 15.9. The lowest BCUT2D eigenvalue weighted by molar-refractivity contribution is -0.139. The quantitative estimate of drug-likeness (QED) is 0.471. The molecule has 3 aromatic rings. The first-order valence-corrected chi connectivity index (χ1v) is 11.4. The summed E-state index contributed by atoms with van der Waals surface area (Å²) in [5, 5.41) is 29.2. The van der Waals surface area contributed by atoms with Crippen molar-refractivity contribution in [2.45, 2.75) is 38.5 Å². The van der Waals surface area contributed by atoms with Gasteiger partial charge in [-0.3, -0.25) is 9.48 Å². The molecule has 2 N–H and O–H groups in total. The number of carbonyl (C=O) groups is 1. The van der Waals surface area contributed by atoms with Crippen molar-refractivity contribution in [1.82, 2.24) is 15.0 Å². The second kappa shape index (κ2) is 9.87. The summed E-state index contributed by atoms with van der Waals surface area (Å²) in [6.07, 6.45) is 6.74. The van der Waals surface area contributed by atoms with Crippen LogP contribution in [0.25, 0.3) is 0 Å². The Morgan fingerprint density at radius 2 is 2.00 bits per heavy atom. The summed E-state index contributed by atoms with van der Waals surface area (Å²) < 4.78 is 1.71. The Kier molecular flexibility index (Phi) is 6.93. The molecule has 8 heteroatoms. The third kappa shape index (κ3) is 4.71. The summed E-state index contributed by atoms with van der Waals surface area (Å²) in [6, 6.07) is 14.9. The lowest BCUT2D eigenvalue weighted by Gasteiger charge is -2.27. The number of benzene rings is 2. The summed E-state index contributed by atoms with van der Waals surface area (Å²) in [5.74, 6) is -0.825. The van der Waals surface area contributed by atoms with Crippen LogP contribution in [0.4, 0.5) is 5.69 Å². The van der Waals surface area contributed by atoms with Crippen molar-refractivity contribution in [3.05, 3.63) is 88.7 Å². The van der Waals surface area contributed by atoms with Crippen molar-refractivity contribution >= 4 is 23.2 Å². The number of fused-ring (bicyclic) bond motifs is 1. The molecular formula is C25H27ClN4O3. The fraction of sp³-hybridized carbons (Fsp3) is 0.320. The third-order valence-electron chi connectivity index (χ3n) is 5.98. The molecule has 0 radical (unpaired) electrons. The van der Waals surface area contributed by atoms with Crippen LogP contribution < -0.4 is 4.90 Å². The zero-order valence-electron chi connectivity index (χ0n) is 18.4. The minimum atomic E-state index is -1.70. The number of aromatic nitrogens is 3. The number of amides is 1. The van der Waals surface area contributed by atoms with Gasteiger partial charge in [-0.1, -0.05) is 66.2 Å². The highest BCUT2D eigenvalue weighted by Gasteiger charge is 2.52. The minimum Gasteiger partial charge on any atom is -0.396 e.